The molecule has 1 aromatic carbocycles. The van der Waals surface area contributed by atoms with E-state index in [2.05, 4.69) is 15.9 Å². The van der Waals surface area contributed by atoms with Crippen LogP contribution in [0.15, 0.2) is 27.6 Å². The first-order valence-electron chi connectivity index (χ1n) is 6.53. The van der Waals surface area contributed by atoms with Gasteiger partial charge in [-0.25, -0.2) is 8.42 Å². The van der Waals surface area contributed by atoms with E-state index in [4.69, 9.17) is 17.3 Å². The minimum atomic E-state index is -3.53. The highest BCUT2D eigenvalue weighted by Crippen LogP contribution is 2.33. The van der Waals surface area contributed by atoms with Gasteiger partial charge in [-0.15, -0.1) is 0 Å². The average Bonchev–Trinajstić information content (AvgIpc) is 2.41. The topological polar surface area (TPSA) is 63.4 Å². The zero-order chi connectivity index (χ0) is 14.9. The largest absolute Gasteiger partial charge is 0.328 e. The third-order valence-corrected chi connectivity index (χ3v) is 7.13. The number of halogens is 2. The summed E-state index contributed by atoms with van der Waals surface area (Å²) in [6.45, 7) is 2.97. The monoisotopic (exact) mass is 380 g/mol. The van der Waals surface area contributed by atoms with Crippen molar-refractivity contribution in [1.29, 1.82) is 0 Å². The second kappa shape index (κ2) is 6.32. The van der Waals surface area contributed by atoms with Crippen molar-refractivity contribution in [2.75, 3.05) is 13.1 Å². The summed E-state index contributed by atoms with van der Waals surface area (Å²) >= 11 is 9.36. The third kappa shape index (κ3) is 3.20. The molecule has 1 saturated heterocycles. The van der Waals surface area contributed by atoms with E-state index < -0.39 is 10.0 Å². The summed E-state index contributed by atoms with van der Waals surface area (Å²) in [7, 11) is -3.53. The Morgan fingerprint density at radius 3 is 2.55 bits per heavy atom. The Morgan fingerprint density at radius 1 is 1.40 bits per heavy atom. The SMILES string of the molecule is CC(N)C1CCN(S(=O)(=O)c2cccc(Br)c2Cl)CC1. The van der Waals surface area contributed by atoms with Crippen LogP contribution in [0.3, 0.4) is 0 Å². The number of piperidine rings is 1. The van der Waals surface area contributed by atoms with Crippen LogP contribution in [0, 0.1) is 5.92 Å². The lowest BCUT2D eigenvalue weighted by molar-refractivity contribution is 0.250. The fraction of sp³-hybridized carbons (Fsp3) is 0.538. The van der Waals surface area contributed by atoms with Crippen LogP contribution in [0.4, 0.5) is 0 Å². The molecule has 1 heterocycles. The molecule has 1 unspecified atom stereocenters. The van der Waals surface area contributed by atoms with Crippen LogP contribution < -0.4 is 5.73 Å². The molecule has 1 aromatic rings. The van der Waals surface area contributed by atoms with Gasteiger partial charge in [0, 0.05) is 23.6 Å². The zero-order valence-electron chi connectivity index (χ0n) is 11.2. The van der Waals surface area contributed by atoms with Crippen LogP contribution in [-0.2, 0) is 10.0 Å². The van der Waals surface area contributed by atoms with E-state index in [9.17, 15) is 8.42 Å². The predicted molar refractivity (Wildman–Crippen MR) is 84.3 cm³/mol. The van der Waals surface area contributed by atoms with Gasteiger partial charge in [0.1, 0.15) is 4.90 Å². The lowest BCUT2D eigenvalue weighted by Crippen LogP contribution is -2.42. The van der Waals surface area contributed by atoms with Crippen LogP contribution >= 0.6 is 27.5 Å². The Morgan fingerprint density at radius 2 is 2.00 bits per heavy atom. The predicted octanol–water partition coefficient (Wildman–Crippen LogP) is 2.85. The molecule has 7 heteroatoms. The van der Waals surface area contributed by atoms with E-state index in [1.165, 1.54) is 4.31 Å². The second-order valence-corrected chi connectivity index (χ2v) is 8.29. The minimum absolute atomic E-state index is 0.106. The maximum Gasteiger partial charge on any atom is 0.244 e. The number of nitrogens with zero attached hydrogens (tertiary/aromatic N) is 1. The molecule has 4 nitrogen and oxygen atoms in total. The number of rotatable bonds is 3. The van der Waals surface area contributed by atoms with Gasteiger partial charge in [0.05, 0.1) is 5.02 Å². The van der Waals surface area contributed by atoms with Gasteiger partial charge >= 0.3 is 0 Å². The minimum Gasteiger partial charge on any atom is -0.328 e. The number of hydrogen-bond acceptors (Lipinski definition) is 3. The normalized spacial score (nSPS) is 20.0. The van der Waals surface area contributed by atoms with Crippen molar-refractivity contribution in [3.63, 3.8) is 0 Å². The molecule has 1 aliphatic heterocycles. The maximum atomic E-state index is 12.6. The summed E-state index contributed by atoms with van der Waals surface area (Å²) in [5.74, 6) is 0.388. The van der Waals surface area contributed by atoms with Gasteiger partial charge in [0.25, 0.3) is 0 Å². The van der Waals surface area contributed by atoms with E-state index in [0.717, 1.165) is 12.8 Å². The molecular weight excluding hydrogens is 364 g/mol. The summed E-state index contributed by atoms with van der Waals surface area (Å²) in [6.07, 6.45) is 1.59. The first-order valence-corrected chi connectivity index (χ1v) is 9.15. The first kappa shape index (κ1) is 16.2. The van der Waals surface area contributed by atoms with Gasteiger partial charge in [-0.05, 0) is 53.7 Å². The van der Waals surface area contributed by atoms with Crippen LogP contribution in [0.25, 0.3) is 0 Å². The smallest absolute Gasteiger partial charge is 0.244 e. The molecule has 2 N–H and O–H groups in total. The highest BCUT2D eigenvalue weighted by Gasteiger charge is 2.32. The molecule has 0 bridgehead atoms. The second-order valence-electron chi connectivity index (χ2n) is 5.15. The molecule has 0 spiro atoms. The van der Waals surface area contributed by atoms with Gasteiger partial charge < -0.3 is 5.73 Å². The molecule has 0 saturated carbocycles. The van der Waals surface area contributed by atoms with Gasteiger partial charge in [-0.2, -0.15) is 4.31 Å². The van der Waals surface area contributed by atoms with Crippen molar-refractivity contribution < 1.29 is 8.42 Å². The van der Waals surface area contributed by atoms with Crippen molar-refractivity contribution in [1.82, 2.24) is 4.31 Å². The van der Waals surface area contributed by atoms with Crippen LogP contribution in [-0.4, -0.2) is 31.9 Å². The fourth-order valence-electron chi connectivity index (χ4n) is 2.46. The highest BCUT2D eigenvalue weighted by molar-refractivity contribution is 9.10. The molecule has 0 radical (unpaired) electrons. The number of nitrogens with two attached hydrogens (primary N) is 1. The number of benzene rings is 1. The first-order chi connectivity index (χ1) is 9.34. The van der Waals surface area contributed by atoms with Gasteiger partial charge in [0.2, 0.25) is 10.0 Å². The Hall–Kier alpha value is -0.140. The molecular formula is C13H18BrClN2O2S. The van der Waals surface area contributed by atoms with Crippen molar-refractivity contribution >= 4 is 37.6 Å². The third-order valence-electron chi connectivity index (χ3n) is 3.78. The van der Waals surface area contributed by atoms with Crippen LogP contribution in [0.1, 0.15) is 19.8 Å². The van der Waals surface area contributed by atoms with E-state index in [1.54, 1.807) is 18.2 Å². The fourth-order valence-corrected chi connectivity index (χ4v) is 4.94. The Balaban J connectivity index is 2.22. The molecule has 0 amide bonds. The Labute approximate surface area is 133 Å². The summed E-state index contributed by atoms with van der Waals surface area (Å²) < 4.78 is 27.3. The van der Waals surface area contributed by atoms with Crippen molar-refractivity contribution in [2.45, 2.75) is 30.7 Å². The van der Waals surface area contributed by atoms with E-state index >= 15 is 0 Å². The zero-order valence-corrected chi connectivity index (χ0v) is 14.4. The summed E-state index contributed by atoms with van der Waals surface area (Å²) in [4.78, 5) is 0.160. The van der Waals surface area contributed by atoms with Crippen LogP contribution in [0.5, 0.6) is 0 Å². The van der Waals surface area contributed by atoms with E-state index in [1.807, 2.05) is 6.92 Å². The Bertz CT molecular complexity index is 584. The van der Waals surface area contributed by atoms with E-state index in [0.29, 0.717) is 23.5 Å². The summed E-state index contributed by atoms with van der Waals surface area (Å²) in [5, 5.41) is 0.238. The van der Waals surface area contributed by atoms with Gasteiger partial charge in [-0.3, -0.25) is 0 Å². The van der Waals surface area contributed by atoms with Crippen molar-refractivity contribution in [2.24, 2.45) is 11.7 Å². The van der Waals surface area contributed by atoms with E-state index in [-0.39, 0.29) is 16.0 Å². The van der Waals surface area contributed by atoms with Crippen molar-refractivity contribution in [3.8, 4) is 0 Å². The van der Waals surface area contributed by atoms with Crippen LogP contribution in [0.2, 0.25) is 5.02 Å². The van der Waals surface area contributed by atoms with Gasteiger partial charge in [0.15, 0.2) is 0 Å². The molecule has 112 valence electrons. The molecule has 20 heavy (non-hydrogen) atoms. The summed E-state index contributed by atoms with van der Waals surface area (Å²) in [5.41, 5.74) is 5.88. The highest BCUT2D eigenvalue weighted by atomic mass is 79.9. The molecule has 1 aliphatic rings. The molecule has 0 aromatic heterocycles. The summed E-state index contributed by atoms with van der Waals surface area (Å²) in [6, 6.07) is 5.05. The standard InChI is InChI=1S/C13H18BrClN2O2S/c1-9(16)10-5-7-17(8-6-10)20(18,19)12-4-2-3-11(14)13(12)15/h2-4,9-10H,5-8,16H2,1H3. The molecule has 2 rings (SSSR count). The number of hydrogen-bond donors (Lipinski definition) is 1. The molecule has 0 aliphatic carbocycles. The molecule has 1 atom stereocenters. The Kier molecular flexibility index (Phi) is 5.13. The van der Waals surface area contributed by atoms with Crippen molar-refractivity contribution in [3.05, 3.63) is 27.7 Å². The quantitative estimate of drug-likeness (QED) is 0.875. The number of sulfonamides is 1. The lowest BCUT2D eigenvalue weighted by atomic mass is 9.92. The lowest BCUT2D eigenvalue weighted by Gasteiger charge is -2.33. The molecule has 1 fully saturated rings. The average molecular weight is 382 g/mol. The maximum absolute atomic E-state index is 12.6. The van der Waals surface area contributed by atoms with Gasteiger partial charge in [-0.1, -0.05) is 17.7 Å².